The van der Waals surface area contributed by atoms with Crippen LogP contribution < -0.4 is 11.1 Å². The van der Waals surface area contributed by atoms with Crippen molar-refractivity contribution in [1.82, 2.24) is 10.2 Å². The van der Waals surface area contributed by atoms with E-state index in [9.17, 15) is 9.59 Å². The zero-order valence-electron chi connectivity index (χ0n) is 16.5. The van der Waals surface area contributed by atoms with Gasteiger partial charge in [0.15, 0.2) is 0 Å². The molecular formula is C23H29N3O2. The second-order valence-electron chi connectivity index (χ2n) is 7.67. The predicted molar refractivity (Wildman–Crippen MR) is 111 cm³/mol. The predicted octanol–water partition coefficient (Wildman–Crippen LogP) is 3.65. The van der Waals surface area contributed by atoms with E-state index in [0.717, 1.165) is 37.9 Å². The summed E-state index contributed by atoms with van der Waals surface area (Å²) in [5, 5.41) is 2.55. The lowest BCUT2D eigenvalue weighted by molar-refractivity contribution is 0.0687. The fraction of sp³-hybridized carbons (Fsp3) is 0.391. The molecule has 2 aromatic carbocycles. The molecule has 0 atom stereocenters. The van der Waals surface area contributed by atoms with Crippen LogP contribution in [-0.2, 0) is 13.0 Å². The van der Waals surface area contributed by atoms with E-state index in [-0.39, 0.29) is 5.91 Å². The molecule has 5 heteroatoms. The first kappa shape index (κ1) is 19.9. The first-order chi connectivity index (χ1) is 13.5. The lowest BCUT2D eigenvalue weighted by atomic mass is 9.90. The van der Waals surface area contributed by atoms with Gasteiger partial charge in [0.05, 0.1) is 0 Å². The number of primary amides is 1. The van der Waals surface area contributed by atoms with Crippen LogP contribution in [0.3, 0.4) is 0 Å². The quantitative estimate of drug-likeness (QED) is 0.804. The topological polar surface area (TPSA) is 75.4 Å². The maximum Gasteiger partial charge on any atom is 0.312 e. The third-order valence-corrected chi connectivity index (χ3v) is 5.53. The van der Waals surface area contributed by atoms with Gasteiger partial charge in [-0.05, 0) is 61.8 Å². The molecule has 28 heavy (non-hydrogen) atoms. The fourth-order valence-electron chi connectivity index (χ4n) is 3.69. The number of hydrogen-bond acceptors (Lipinski definition) is 2. The first-order valence-electron chi connectivity index (χ1n) is 9.98. The summed E-state index contributed by atoms with van der Waals surface area (Å²) in [4.78, 5) is 25.5. The molecule has 2 aromatic rings. The van der Waals surface area contributed by atoms with Crippen molar-refractivity contribution in [1.29, 1.82) is 0 Å². The van der Waals surface area contributed by atoms with E-state index in [1.165, 1.54) is 17.5 Å². The summed E-state index contributed by atoms with van der Waals surface area (Å²) < 4.78 is 0. The van der Waals surface area contributed by atoms with Crippen LogP contribution in [0.1, 0.15) is 46.3 Å². The molecule has 0 unspecified atom stereocenters. The number of carbonyl (C=O) groups is 2. The van der Waals surface area contributed by atoms with Gasteiger partial charge < -0.3 is 16.0 Å². The molecule has 1 fully saturated rings. The number of benzene rings is 2. The Balaban J connectivity index is 1.45. The van der Waals surface area contributed by atoms with Gasteiger partial charge in [-0.25, -0.2) is 4.79 Å². The number of nitrogens with one attached hydrogen (secondary N) is 1. The summed E-state index contributed by atoms with van der Waals surface area (Å²) in [6.07, 6.45) is 4.43. The van der Waals surface area contributed by atoms with Gasteiger partial charge in [-0.15, -0.1) is 0 Å². The van der Waals surface area contributed by atoms with Gasteiger partial charge in [0.25, 0.3) is 5.91 Å². The molecule has 5 nitrogen and oxygen atoms in total. The van der Waals surface area contributed by atoms with Crippen molar-refractivity contribution in [2.24, 2.45) is 11.7 Å². The normalized spacial score (nSPS) is 14.7. The molecule has 1 aliphatic heterocycles. The Kier molecular flexibility index (Phi) is 6.69. The largest absolute Gasteiger partial charge is 0.352 e. The van der Waals surface area contributed by atoms with E-state index in [2.05, 4.69) is 36.5 Å². The van der Waals surface area contributed by atoms with Crippen molar-refractivity contribution in [2.45, 2.75) is 39.2 Å². The molecule has 0 saturated carbocycles. The lowest BCUT2D eigenvalue weighted by Crippen LogP contribution is -2.38. The number of hydrogen-bond donors (Lipinski definition) is 2. The van der Waals surface area contributed by atoms with E-state index < -0.39 is 6.03 Å². The second kappa shape index (κ2) is 9.40. The molecule has 3 amide bonds. The van der Waals surface area contributed by atoms with E-state index >= 15 is 0 Å². The number of likely N-dealkylation sites (tertiary alicyclic amines) is 1. The smallest absolute Gasteiger partial charge is 0.312 e. The molecule has 0 spiro atoms. The minimum Gasteiger partial charge on any atom is -0.352 e. The average molecular weight is 380 g/mol. The van der Waals surface area contributed by atoms with Crippen LogP contribution in [0.5, 0.6) is 0 Å². The van der Waals surface area contributed by atoms with Crippen LogP contribution in [0.25, 0.3) is 0 Å². The monoisotopic (exact) mass is 379 g/mol. The molecule has 1 aliphatic rings. The highest BCUT2D eigenvalue weighted by Crippen LogP contribution is 2.24. The van der Waals surface area contributed by atoms with Gasteiger partial charge in [0, 0.05) is 25.2 Å². The van der Waals surface area contributed by atoms with Crippen molar-refractivity contribution in [3.8, 4) is 0 Å². The molecular weight excluding hydrogens is 350 g/mol. The average Bonchev–Trinajstić information content (AvgIpc) is 2.72. The first-order valence-corrected chi connectivity index (χ1v) is 9.98. The number of amides is 3. The minimum atomic E-state index is -0.551. The van der Waals surface area contributed by atoms with E-state index in [4.69, 9.17) is 5.73 Å². The highest BCUT2D eigenvalue weighted by atomic mass is 16.2. The van der Waals surface area contributed by atoms with Crippen LogP contribution in [0.2, 0.25) is 0 Å². The number of piperidine rings is 1. The molecule has 0 bridgehead atoms. The number of rotatable bonds is 6. The van der Waals surface area contributed by atoms with Gasteiger partial charge in [-0.3, -0.25) is 4.79 Å². The van der Waals surface area contributed by atoms with Crippen LogP contribution in [0.4, 0.5) is 4.79 Å². The Morgan fingerprint density at radius 3 is 2.21 bits per heavy atom. The van der Waals surface area contributed by atoms with Crippen LogP contribution in [0, 0.1) is 12.8 Å². The molecule has 0 aliphatic carbocycles. The maximum absolute atomic E-state index is 12.7. The zero-order valence-corrected chi connectivity index (χ0v) is 16.5. The molecule has 1 saturated heterocycles. The standard InChI is InChI=1S/C23H29N3O2/c1-17-2-4-18(5-3-17)6-7-19-12-14-26(15-13-19)22(27)21-10-8-20(9-11-21)16-25-23(24)28/h2-5,8-11,19H,6-7,12-16H2,1H3,(H3,24,25,28). The van der Waals surface area contributed by atoms with Crippen LogP contribution in [0.15, 0.2) is 48.5 Å². The number of nitrogens with two attached hydrogens (primary N) is 1. The van der Waals surface area contributed by atoms with Crippen LogP contribution >= 0.6 is 0 Å². The highest BCUT2D eigenvalue weighted by molar-refractivity contribution is 5.94. The van der Waals surface area contributed by atoms with Crippen molar-refractivity contribution >= 4 is 11.9 Å². The molecule has 3 N–H and O–H groups in total. The molecule has 148 valence electrons. The molecule has 0 radical (unpaired) electrons. The van der Waals surface area contributed by atoms with E-state index in [1.54, 1.807) is 0 Å². The Morgan fingerprint density at radius 1 is 1.00 bits per heavy atom. The van der Waals surface area contributed by atoms with Gasteiger partial charge in [-0.1, -0.05) is 42.0 Å². The number of urea groups is 1. The highest BCUT2D eigenvalue weighted by Gasteiger charge is 2.23. The van der Waals surface area contributed by atoms with Crippen molar-refractivity contribution in [3.05, 3.63) is 70.8 Å². The second-order valence-corrected chi connectivity index (χ2v) is 7.67. The Labute approximate surface area is 166 Å². The summed E-state index contributed by atoms with van der Waals surface area (Å²) in [5.74, 6) is 0.777. The third-order valence-electron chi connectivity index (χ3n) is 5.53. The molecule has 3 rings (SSSR count). The molecule has 1 heterocycles. The summed E-state index contributed by atoms with van der Waals surface area (Å²) in [7, 11) is 0. The molecule has 0 aromatic heterocycles. The summed E-state index contributed by atoms with van der Waals surface area (Å²) in [6.45, 7) is 4.13. The number of carbonyl (C=O) groups excluding carboxylic acids is 2. The van der Waals surface area contributed by atoms with Crippen molar-refractivity contribution in [3.63, 3.8) is 0 Å². The summed E-state index contributed by atoms with van der Waals surface area (Å²) >= 11 is 0. The Hall–Kier alpha value is -2.82. The maximum atomic E-state index is 12.7. The van der Waals surface area contributed by atoms with Crippen molar-refractivity contribution < 1.29 is 9.59 Å². The fourth-order valence-corrected chi connectivity index (χ4v) is 3.69. The van der Waals surface area contributed by atoms with Gasteiger partial charge in [0.1, 0.15) is 0 Å². The SMILES string of the molecule is Cc1ccc(CCC2CCN(C(=O)c3ccc(CNC(N)=O)cc3)CC2)cc1. The number of aryl methyl sites for hydroxylation is 2. The Bertz CT molecular complexity index is 792. The van der Waals surface area contributed by atoms with Gasteiger partial charge in [0.2, 0.25) is 0 Å². The van der Waals surface area contributed by atoms with Gasteiger partial charge in [-0.2, -0.15) is 0 Å². The van der Waals surface area contributed by atoms with Gasteiger partial charge >= 0.3 is 6.03 Å². The third kappa shape index (κ3) is 5.59. The minimum absolute atomic E-state index is 0.0893. The lowest BCUT2D eigenvalue weighted by Gasteiger charge is -2.32. The summed E-state index contributed by atoms with van der Waals surface area (Å²) in [6, 6.07) is 15.6. The summed E-state index contributed by atoms with van der Waals surface area (Å²) in [5.41, 5.74) is 9.39. The number of nitrogens with zero attached hydrogens (tertiary/aromatic N) is 1. The van der Waals surface area contributed by atoms with Crippen LogP contribution in [-0.4, -0.2) is 29.9 Å². The van der Waals surface area contributed by atoms with E-state index in [1.807, 2.05) is 29.2 Å². The van der Waals surface area contributed by atoms with E-state index in [0.29, 0.717) is 18.0 Å². The zero-order chi connectivity index (χ0) is 19.9. The van der Waals surface area contributed by atoms with Crippen molar-refractivity contribution in [2.75, 3.05) is 13.1 Å². The Morgan fingerprint density at radius 2 is 1.61 bits per heavy atom.